The normalized spacial score (nSPS) is 10.8. The maximum absolute atomic E-state index is 5.95. The lowest BCUT2D eigenvalue weighted by molar-refractivity contribution is 0.232. The fourth-order valence-corrected chi connectivity index (χ4v) is 2.77. The molecule has 0 bridgehead atoms. The van der Waals surface area contributed by atoms with E-state index in [9.17, 15) is 0 Å². The highest BCUT2D eigenvalue weighted by atomic mass is 16.5. The van der Waals surface area contributed by atoms with Gasteiger partial charge in [-0.15, -0.1) is 0 Å². The maximum atomic E-state index is 5.95. The van der Waals surface area contributed by atoms with E-state index in [1.54, 1.807) is 19.5 Å². The molecule has 2 heterocycles. The van der Waals surface area contributed by atoms with Crippen molar-refractivity contribution in [2.24, 2.45) is 0 Å². The minimum atomic E-state index is 0.121. The third-order valence-electron chi connectivity index (χ3n) is 4.16. The minimum absolute atomic E-state index is 0.121. The lowest BCUT2D eigenvalue weighted by Gasteiger charge is -2.13. The Bertz CT molecular complexity index is 884. The van der Waals surface area contributed by atoms with Crippen LogP contribution in [0.15, 0.2) is 61.1 Å². The Hall–Kier alpha value is -3.12. The van der Waals surface area contributed by atoms with Crippen molar-refractivity contribution in [3.8, 4) is 17.4 Å². The van der Waals surface area contributed by atoms with Crippen molar-refractivity contribution >= 4 is 0 Å². The first-order valence-corrected chi connectivity index (χ1v) is 9.65. The van der Waals surface area contributed by atoms with E-state index in [1.807, 2.05) is 62.5 Å². The summed E-state index contributed by atoms with van der Waals surface area (Å²) in [6.07, 6.45) is 5.50. The Labute approximate surface area is 171 Å². The molecule has 0 spiro atoms. The summed E-state index contributed by atoms with van der Waals surface area (Å²) in [5, 5.41) is 3.43. The van der Waals surface area contributed by atoms with E-state index in [4.69, 9.17) is 14.2 Å². The van der Waals surface area contributed by atoms with E-state index < -0.39 is 0 Å². The fourth-order valence-electron chi connectivity index (χ4n) is 2.77. The van der Waals surface area contributed by atoms with Gasteiger partial charge in [-0.1, -0.05) is 18.2 Å². The van der Waals surface area contributed by atoms with Gasteiger partial charge in [-0.05, 0) is 43.2 Å². The zero-order chi connectivity index (χ0) is 20.5. The molecule has 3 aromatic rings. The van der Waals surface area contributed by atoms with Gasteiger partial charge in [0.25, 0.3) is 0 Å². The second kappa shape index (κ2) is 10.4. The molecule has 0 unspecified atom stereocenters. The molecule has 2 aromatic heterocycles. The summed E-state index contributed by atoms with van der Waals surface area (Å²) in [4.78, 5) is 8.44. The third kappa shape index (κ3) is 6.47. The van der Waals surface area contributed by atoms with Crippen LogP contribution in [0, 0.1) is 0 Å². The van der Waals surface area contributed by atoms with Crippen molar-refractivity contribution in [2.75, 3.05) is 7.11 Å². The molecule has 6 heteroatoms. The summed E-state index contributed by atoms with van der Waals surface area (Å²) in [5.74, 6) is 2.07. The summed E-state index contributed by atoms with van der Waals surface area (Å²) in [6.45, 7) is 5.84. The van der Waals surface area contributed by atoms with Gasteiger partial charge in [0.05, 0.1) is 13.2 Å². The Morgan fingerprint density at radius 2 is 1.76 bits per heavy atom. The van der Waals surface area contributed by atoms with Gasteiger partial charge in [-0.3, -0.25) is 4.98 Å². The zero-order valence-corrected chi connectivity index (χ0v) is 17.1. The number of hydrogen-bond acceptors (Lipinski definition) is 6. The van der Waals surface area contributed by atoms with E-state index in [2.05, 4.69) is 15.3 Å². The van der Waals surface area contributed by atoms with Gasteiger partial charge in [-0.2, -0.15) is 0 Å². The Morgan fingerprint density at radius 1 is 0.931 bits per heavy atom. The average Bonchev–Trinajstić information content (AvgIpc) is 2.74. The number of benzene rings is 1. The molecule has 6 nitrogen and oxygen atoms in total. The van der Waals surface area contributed by atoms with E-state index in [0.717, 1.165) is 16.7 Å². The van der Waals surface area contributed by atoms with E-state index in [0.29, 0.717) is 37.1 Å². The Balaban J connectivity index is 1.55. The Morgan fingerprint density at radius 3 is 2.45 bits per heavy atom. The summed E-state index contributed by atoms with van der Waals surface area (Å²) in [5.41, 5.74) is 3.22. The molecule has 1 aromatic carbocycles. The van der Waals surface area contributed by atoms with Crippen molar-refractivity contribution in [2.45, 2.75) is 39.6 Å². The first kappa shape index (κ1) is 20.6. The molecule has 0 saturated heterocycles. The van der Waals surface area contributed by atoms with Crippen LogP contribution in [0.5, 0.6) is 17.4 Å². The molecular weight excluding hydrogens is 366 g/mol. The molecule has 0 saturated carbocycles. The van der Waals surface area contributed by atoms with Gasteiger partial charge in [0.1, 0.15) is 6.61 Å². The lowest BCUT2D eigenvalue weighted by atomic mass is 10.2. The molecule has 0 amide bonds. The maximum Gasteiger partial charge on any atom is 0.213 e. The summed E-state index contributed by atoms with van der Waals surface area (Å²) >= 11 is 0. The molecule has 0 fully saturated rings. The fraction of sp³-hybridized carbons (Fsp3) is 0.304. The number of pyridine rings is 2. The molecule has 0 radical (unpaired) electrons. The number of ether oxygens (including phenoxy) is 3. The highest BCUT2D eigenvalue weighted by Crippen LogP contribution is 2.28. The third-order valence-corrected chi connectivity index (χ3v) is 4.16. The SMILES string of the molecule is COc1ccc(CNCc2ccc(OC(C)C)nc2)cc1OCc1cccnc1. The van der Waals surface area contributed by atoms with Crippen LogP contribution in [0.25, 0.3) is 0 Å². The van der Waals surface area contributed by atoms with Gasteiger partial charge in [0, 0.05) is 43.3 Å². The van der Waals surface area contributed by atoms with Crippen molar-refractivity contribution in [3.63, 3.8) is 0 Å². The van der Waals surface area contributed by atoms with Crippen LogP contribution in [-0.2, 0) is 19.7 Å². The van der Waals surface area contributed by atoms with Gasteiger partial charge in [-0.25, -0.2) is 4.98 Å². The predicted molar refractivity (Wildman–Crippen MR) is 112 cm³/mol. The van der Waals surface area contributed by atoms with Crippen molar-refractivity contribution in [1.82, 2.24) is 15.3 Å². The summed E-state index contributed by atoms with van der Waals surface area (Å²) < 4.78 is 16.9. The highest BCUT2D eigenvalue weighted by Gasteiger charge is 2.07. The molecule has 0 aliphatic heterocycles. The van der Waals surface area contributed by atoms with E-state index >= 15 is 0 Å². The van der Waals surface area contributed by atoms with Crippen LogP contribution in [0.4, 0.5) is 0 Å². The minimum Gasteiger partial charge on any atom is -0.493 e. The van der Waals surface area contributed by atoms with Crippen LogP contribution < -0.4 is 19.5 Å². The number of hydrogen-bond donors (Lipinski definition) is 1. The highest BCUT2D eigenvalue weighted by molar-refractivity contribution is 5.43. The van der Waals surface area contributed by atoms with Crippen molar-refractivity contribution in [1.29, 1.82) is 0 Å². The molecular formula is C23H27N3O3. The molecule has 29 heavy (non-hydrogen) atoms. The molecule has 0 atom stereocenters. The van der Waals surface area contributed by atoms with Crippen LogP contribution in [0.3, 0.4) is 0 Å². The molecule has 0 aliphatic carbocycles. The van der Waals surface area contributed by atoms with E-state index in [1.165, 1.54) is 0 Å². The summed E-state index contributed by atoms with van der Waals surface area (Å²) in [6, 6.07) is 13.8. The van der Waals surface area contributed by atoms with Crippen LogP contribution in [-0.4, -0.2) is 23.2 Å². The summed E-state index contributed by atoms with van der Waals surface area (Å²) in [7, 11) is 1.64. The van der Waals surface area contributed by atoms with E-state index in [-0.39, 0.29) is 6.10 Å². The van der Waals surface area contributed by atoms with Crippen LogP contribution in [0.2, 0.25) is 0 Å². The van der Waals surface area contributed by atoms with Crippen LogP contribution >= 0.6 is 0 Å². The zero-order valence-electron chi connectivity index (χ0n) is 17.1. The number of methoxy groups -OCH3 is 1. The topological polar surface area (TPSA) is 65.5 Å². The quantitative estimate of drug-likeness (QED) is 0.558. The molecule has 152 valence electrons. The van der Waals surface area contributed by atoms with Gasteiger partial charge >= 0.3 is 0 Å². The number of rotatable bonds is 10. The van der Waals surface area contributed by atoms with Crippen molar-refractivity contribution < 1.29 is 14.2 Å². The smallest absolute Gasteiger partial charge is 0.213 e. The first-order chi connectivity index (χ1) is 14.1. The average molecular weight is 393 g/mol. The number of nitrogens with one attached hydrogen (secondary N) is 1. The predicted octanol–water partition coefficient (Wildman–Crippen LogP) is 4.14. The monoisotopic (exact) mass is 393 g/mol. The number of nitrogens with zero attached hydrogens (tertiary/aromatic N) is 2. The van der Waals surface area contributed by atoms with Gasteiger partial charge in [0.2, 0.25) is 5.88 Å². The largest absolute Gasteiger partial charge is 0.493 e. The number of aromatic nitrogens is 2. The Kier molecular flexibility index (Phi) is 7.41. The lowest BCUT2D eigenvalue weighted by Crippen LogP contribution is -2.13. The molecule has 3 rings (SSSR count). The first-order valence-electron chi connectivity index (χ1n) is 9.65. The van der Waals surface area contributed by atoms with Crippen molar-refractivity contribution in [3.05, 3.63) is 77.7 Å². The second-order valence-corrected chi connectivity index (χ2v) is 6.91. The van der Waals surface area contributed by atoms with Gasteiger partial charge in [0.15, 0.2) is 11.5 Å². The second-order valence-electron chi connectivity index (χ2n) is 6.91. The standard InChI is InChI=1S/C23H27N3O3/c1-17(2)29-23-9-7-19(15-26-23)13-25-12-18-6-8-21(27-3)22(11-18)28-16-20-5-4-10-24-14-20/h4-11,14-15,17,25H,12-13,16H2,1-3H3. The molecule has 0 aliphatic rings. The van der Waals surface area contributed by atoms with Crippen LogP contribution in [0.1, 0.15) is 30.5 Å². The molecule has 1 N–H and O–H groups in total. The van der Waals surface area contributed by atoms with Gasteiger partial charge < -0.3 is 19.5 Å².